The maximum absolute atomic E-state index is 4.64. The number of rotatable bonds is 3. The predicted octanol–water partition coefficient (Wildman–Crippen LogP) is 2.17. The molecule has 2 aromatic rings. The lowest BCUT2D eigenvalue weighted by Gasteiger charge is -2.30. The number of likely N-dealkylation sites (N-methyl/N-ethyl adjacent to an activating group) is 1. The third-order valence-corrected chi connectivity index (χ3v) is 4.00. The van der Waals surface area contributed by atoms with Crippen molar-refractivity contribution < 1.29 is 0 Å². The second kappa shape index (κ2) is 5.71. The van der Waals surface area contributed by atoms with Crippen LogP contribution in [0.4, 0.5) is 0 Å². The molecule has 0 saturated carbocycles. The highest BCUT2D eigenvalue weighted by Gasteiger charge is 2.24. The number of piperidine rings is 1. The minimum absolute atomic E-state index is 0.470. The van der Waals surface area contributed by atoms with E-state index in [1.807, 2.05) is 16.9 Å². The van der Waals surface area contributed by atoms with Crippen LogP contribution in [-0.2, 0) is 6.54 Å². The van der Waals surface area contributed by atoms with Crippen LogP contribution in [0.2, 0.25) is 0 Å². The zero-order valence-corrected chi connectivity index (χ0v) is 12.2. The quantitative estimate of drug-likeness (QED) is 0.858. The average Bonchev–Trinajstić information content (AvgIpc) is 2.95. The molecule has 0 radical (unpaired) electrons. The summed E-state index contributed by atoms with van der Waals surface area (Å²) < 4.78 is 1.99. The highest BCUT2D eigenvalue weighted by molar-refractivity contribution is 5.57. The molecule has 0 aliphatic carbocycles. The number of hydrogen-bond donors (Lipinski definition) is 0. The van der Waals surface area contributed by atoms with Crippen LogP contribution in [0, 0.1) is 0 Å². The van der Waals surface area contributed by atoms with E-state index < -0.39 is 0 Å². The van der Waals surface area contributed by atoms with Gasteiger partial charge in [-0.1, -0.05) is 0 Å². The molecule has 1 saturated heterocycles. The number of hydrogen-bond acceptors (Lipinski definition) is 4. The van der Waals surface area contributed by atoms with Gasteiger partial charge in [-0.25, -0.2) is 0 Å². The van der Waals surface area contributed by atoms with Gasteiger partial charge in [0.25, 0.3) is 0 Å². The number of aryl methyl sites for hydroxylation is 1. The summed E-state index contributed by atoms with van der Waals surface area (Å²) >= 11 is 0. The van der Waals surface area contributed by atoms with Gasteiger partial charge >= 0.3 is 0 Å². The predicted molar refractivity (Wildman–Crippen MR) is 78.4 cm³/mol. The van der Waals surface area contributed by atoms with Gasteiger partial charge in [-0.05, 0) is 39.4 Å². The highest BCUT2D eigenvalue weighted by atomic mass is 15.3. The van der Waals surface area contributed by atoms with Crippen molar-refractivity contribution in [3.05, 3.63) is 30.4 Å². The standard InChI is InChI=1S/C15H21N5/c1-3-20-13(6-7-18-20)15-14(16-8-9-17-15)12-5-4-10-19(2)11-12/h6-9,12H,3-5,10-11H2,1-2H3/t12-/m1/s1. The van der Waals surface area contributed by atoms with Crippen LogP contribution in [-0.4, -0.2) is 44.8 Å². The summed E-state index contributed by atoms with van der Waals surface area (Å²) in [7, 11) is 2.18. The Morgan fingerprint density at radius 1 is 1.25 bits per heavy atom. The third-order valence-electron chi connectivity index (χ3n) is 4.00. The van der Waals surface area contributed by atoms with Gasteiger partial charge in [0.05, 0.1) is 11.4 Å². The molecule has 106 valence electrons. The van der Waals surface area contributed by atoms with E-state index in [-0.39, 0.29) is 0 Å². The summed E-state index contributed by atoms with van der Waals surface area (Å²) in [5.41, 5.74) is 3.19. The zero-order chi connectivity index (χ0) is 13.9. The van der Waals surface area contributed by atoms with Gasteiger partial charge in [-0.15, -0.1) is 0 Å². The maximum atomic E-state index is 4.64. The first kappa shape index (κ1) is 13.2. The first-order valence-electron chi connectivity index (χ1n) is 7.31. The lowest BCUT2D eigenvalue weighted by molar-refractivity contribution is 0.248. The summed E-state index contributed by atoms with van der Waals surface area (Å²) in [6.07, 6.45) is 7.84. The van der Waals surface area contributed by atoms with Gasteiger partial charge in [-0.3, -0.25) is 14.6 Å². The van der Waals surface area contributed by atoms with Gasteiger partial charge in [-0.2, -0.15) is 5.10 Å². The largest absolute Gasteiger partial charge is 0.306 e. The van der Waals surface area contributed by atoms with Crippen molar-refractivity contribution in [1.29, 1.82) is 0 Å². The zero-order valence-electron chi connectivity index (χ0n) is 12.2. The summed E-state index contributed by atoms with van der Waals surface area (Å²) in [5.74, 6) is 0.470. The molecule has 2 aromatic heterocycles. The Kier molecular flexibility index (Phi) is 3.78. The molecule has 5 nitrogen and oxygen atoms in total. The Morgan fingerprint density at radius 2 is 2.10 bits per heavy atom. The van der Waals surface area contributed by atoms with E-state index in [1.54, 1.807) is 12.4 Å². The molecule has 3 rings (SSSR count). The lowest BCUT2D eigenvalue weighted by Crippen LogP contribution is -2.31. The molecule has 0 unspecified atom stereocenters. The Hall–Kier alpha value is -1.75. The second-order valence-corrected chi connectivity index (χ2v) is 5.42. The van der Waals surface area contributed by atoms with Gasteiger partial charge in [0.15, 0.2) is 0 Å². The summed E-state index contributed by atoms with van der Waals surface area (Å²) in [6, 6.07) is 2.03. The topological polar surface area (TPSA) is 46.8 Å². The average molecular weight is 271 g/mol. The first-order chi connectivity index (χ1) is 9.79. The van der Waals surface area contributed by atoms with Crippen LogP contribution < -0.4 is 0 Å². The van der Waals surface area contributed by atoms with Crippen molar-refractivity contribution in [3.63, 3.8) is 0 Å². The molecule has 20 heavy (non-hydrogen) atoms. The Labute approximate surface area is 119 Å². The summed E-state index contributed by atoms with van der Waals surface area (Å²) in [4.78, 5) is 11.6. The summed E-state index contributed by atoms with van der Waals surface area (Å²) in [6.45, 7) is 5.19. The Balaban J connectivity index is 2.00. The van der Waals surface area contributed by atoms with E-state index in [9.17, 15) is 0 Å². The minimum atomic E-state index is 0.470. The van der Waals surface area contributed by atoms with E-state index >= 15 is 0 Å². The van der Waals surface area contributed by atoms with Crippen molar-refractivity contribution in [2.45, 2.75) is 32.2 Å². The van der Waals surface area contributed by atoms with Gasteiger partial charge < -0.3 is 4.90 Å². The monoisotopic (exact) mass is 271 g/mol. The maximum Gasteiger partial charge on any atom is 0.110 e. The fourth-order valence-corrected chi connectivity index (χ4v) is 3.02. The fraction of sp³-hybridized carbons (Fsp3) is 0.533. The molecule has 1 aliphatic rings. The first-order valence-corrected chi connectivity index (χ1v) is 7.31. The van der Waals surface area contributed by atoms with Crippen LogP contribution in [0.5, 0.6) is 0 Å². The molecule has 3 heterocycles. The molecule has 1 atom stereocenters. The van der Waals surface area contributed by atoms with E-state index in [1.165, 1.54) is 19.4 Å². The van der Waals surface area contributed by atoms with Crippen LogP contribution in [0.3, 0.4) is 0 Å². The van der Waals surface area contributed by atoms with E-state index in [4.69, 9.17) is 0 Å². The molecule has 1 fully saturated rings. The van der Waals surface area contributed by atoms with Crippen molar-refractivity contribution >= 4 is 0 Å². The second-order valence-electron chi connectivity index (χ2n) is 5.42. The van der Waals surface area contributed by atoms with E-state index in [2.05, 4.69) is 33.9 Å². The number of nitrogens with zero attached hydrogens (tertiary/aromatic N) is 5. The number of aromatic nitrogens is 4. The van der Waals surface area contributed by atoms with Gasteiger partial charge in [0.2, 0.25) is 0 Å². The molecule has 0 amide bonds. The van der Waals surface area contributed by atoms with Crippen molar-refractivity contribution in [2.24, 2.45) is 0 Å². The van der Waals surface area contributed by atoms with Crippen LogP contribution in [0.15, 0.2) is 24.7 Å². The Bertz CT molecular complexity index is 577. The Morgan fingerprint density at radius 3 is 2.90 bits per heavy atom. The van der Waals surface area contributed by atoms with Crippen molar-refractivity contribution in [1.82, 2.24) is 24.6 Å². The highest BCUT2D eigenvalue weighted by Crippen LogP contribution is 2.31. The molecule has 0 aromatic carbocycles. The number of likely N-dealkylation sites (tertiary alicyclic amines) is 1. The minimum Gasteiger partial charge on any atom is -0.306 e. The fourth-order valence-electron chi connectivity index (χ4n) is 3.02. The van der Waals surface area contributed by atoms with E-state index in [0.717, 1.165) is 30.2 Å². The molecule has 0 N–H and O–H groups in total. The summed E-state index contributed by atoms with van der Waals surface area (Å²) in [5, 5.41) is 4.35. The van der Waals surface area contributed by atoms with E-state index in [0.29, 0.717) is 5.92 Å². The molecular formula is C15H21N5. The van der Waals surface area contributed by atoms with Crippen molar-refractivity contribution in [2.75, 3.05) is 20.1 Å². The van der Waals surface area contributed by atoms with Gasteiger partial charge in [0.1, 0.15) is 5.69 Å². The molecule has 5 heteroatoms. The van der Waals surface area contributed by atoms with Crippen molar-refractivity contribution in [3.8, 4) is 11.4 Å². The molecular weight excluding hydrogens is 250 g/mol. The smallest absolute Gasteiger partial charge is 0.110 e. The third kappa shape index (κ3) is 2.45. The van der Waals surface area contributed by atoms with Crippen LogP contribution in [0.1, 0.15) is 31.4 Å². The normalized spacial score (nSPS) is 20.2. The van der Waals surface area contributed by atoms with Gasteiger partial charge in [0, 0.05) is 37.6 Å². The molecule has 0 spiro atoms. The lowest BCUT2D eigenvalue weighted by atomic mass is 9.93. The molecule has 1 aliphatic heterocycles. The molecule has 0 bridgehead atoms. The van der Waals surface area contributed by atoms with Crippen LogP contribution >= 0.6 is 0 Å². The SMILES string of the molecule is CCn1nccc1-c1nccnc1[C@@H]1CCCN(C)C1. The van der Waals surface area contributed by atoms with Crippen LogP contribution in [0.25, 0.3) is 11.4 Å².